The summed E-state index contributed by atoms with van der Waals surface area (Å²) in [7, 11) is 0. The molecular weight excluding hydrogens is 848 g/mol. The van der Waals surface area contributed by atoms with Crippen molar-refractivity contribution in [1.82, 2.24) is 0 Å². The maximum atomic E-state index is 14.7. The third kappa shape index (κ3) is 12.6. The molecular formula is C44H40O20. The lowest BCUT2D eigenvalue weighted by Gasteiger charge is -2.43. The Morgan fingerprint density at radius 1 is 0.594 bits per heavy atom. The molecule has 0 bridgehead atoms. The van der Waals surface area contributed by atoms with Crippen molar-refractivity contribution in [1.29, 1.82) is 0 Å². The lowest BCUT2D eigenvalue weighted by atomic mass is 9.98. The van der Waals surface area contributed by atoms with Crippen molar-refractivity contribution >= 4 is 64.8 Å². The minimum absolute atomic E-state index is 0.101. The summed E-state index contributed by atoms with van der Waals surface area (Å²) in [6, 6.07) is 13.8. The molecule has 1 aliphatic rings. The van der Waals surface area contributed by atoms with Crippen LogP contribution >= 0.6 is 0 Å². The van der Waals surface area contributed by atoms with Crippen molar-refractivity contribution in [2.75, 3.05) is 6.61 Å². The van der Waals surface area contributed by atoms with E-state index in [2.05, 4.69) is 0 Å². The Hall–Kier alpha value is -7.87. The van der Waals surface area contributed by atoms with Gasteiger partial charge in [-0.2, -0.15) is 0 Å². The highest BCUT2D eigenvalue weighted by atomic mass is 16.7. The van der Waals surface area contributed by atoms with E-state index in [1.807, 2.05) is 0 Å². The summed E-state index contributed by atoms with van der Waals surface area (Å²) in [6.07, 6.45) is -6.28. The molecule has 20 nitrogen and oxygen atoms in total. The highest BCUT2D eigenvalue weighted by Gasteiger charge is 2.54. The Labute approximate surface area is 362 Å². The summed E-state index contributed by atoms with van der Waals surface area (Å²) in [5, 5.41) is -0.408. The second-order valence-corrected chi connectivity index (χ2v) is 13.7. The summed E-state index contributed by atoms with van der Waals surface area (Å²) in [4.78, 5) is 112. The molecule has 1 aliphatic heterocycles. The van der Waals surface area contributed by atoms with Gasteiger partial charge in [-0.3, -0.25) is 38.4 Å². The number of benzene rings is 3. The van der Waals surface area contributed by atoms with Gasteiger partial charge in [0, 0.05) is 72.2 Å². The van der Waals surface area contributed by atoms with Crippen molar-refractivity contribution in [3.63, 3.8) is 0 Å². The van der Waals surface area contributed by atoms with Gasteiger partial charge in [0.25, 0.3) is 0 Å². The van der Waals surface area contributed by atoms with Crippen LogP contribution in [0.1, 0.15) is 54.0 Å². The van der Waals surface area contributed by atoms with Crippen LogP contribution in [0.5, 0.6) is 28.7 Å². The Morgan fingerprint density at radius 2 is 1.11 bits per heavy atom. The molecule has 336 valence electrons. The van der Waals surface area contributed by atoms with Crippen molar-refractivity contribution in [2.24, 2.45) is 0 Å². The van der Waals surface area contributed by atoms with E-state index in [-0.39, 0.29) is 34.2 Å². The molecule has 3 aromatic carbocycles. The number of rotatable bonds is 14. The molecule has 0 radical (unpaired) electrons. The molecule has 0 aliphatic carbocycles. The maximum Gasteiger partial charge on any atom is 0.330 e. The number of carbonyl (C=O) groups excluding carboxylic acids is 8. The predicted molar refractivity (Wildman–Crippen MR) is 216 cm³/mol. The van der Waals surface area contributed by atoms with Crippen LogP contribution in [0, 0.1) is 0 Å². The highest BCUT2D eigenvalue weighted by molar-refractivity contribution is 5.91. The van der Waals surface area contributed by atoms with Crippen LogP contribution in [0.4, 0.5) is 0 Å². The van der Waals surface area contributed by atoms with Gasteiger partial charge in [0.15, 0.2) is 18.0 Å². The van der Waals surface area contributed by atoms with Gasteiger partial charge in [-0.25, -0.2) is 4.79 Å². The van der Waals surface area contributed by atoms with E-state index >= 15 is 0 Å². The maximum absolute atomic E-state index is 14.7. The molecule has 64 heavy (non-hydrogen) atoms. The first-order chi connectivity index (χ1) is 30.3. The smallest absolute Gasteiger partial charge is 0.330 e. The van der Waals surface area contributed by atoms with Crippen LogP contribution in [0.2, 0.25) is 0 Å². The first kappa shape index (κ1) is 47.2. The van der Waals surface area contributed by atoms with E-state index in [0.29, 0.717) is 5.56 Å². The third-order valence-corrected chi connectivity index (χ3v) is 8.46. The average Bonchev–Trinajstić information content (AvgIpc) is 3.18. The normalized spacial score (nSPS) is 18.0. The summed E-state index contributed by atoms with van der Waals surface area (Å²) < 4.78 is 61.3. The predicted octanol–water partition coefficient (Wildman–Crippen LogP) is 4.32. The first-order valence-electron chi connectivity index (χ1n) is 19.1. The molecule has 4 aromatic rings. The third-order valence-electron chi connectivity index (χ3n) is 8.46. The Balaban J connectivity index is 1.63. The van der Waals surface area contributed by atoms with Gasteiger partial charge >= 0.3 is 47.8 Å². The van der Waals surface area contributed by atoms with E-state index in [4.69, 9.17) is 51.8 Å². The van der Waals surface area contributed by atoms with E-state index in [0.717, 1.165) is 46.8 Å². The lowest BCUT2D eigenvalue weighted by Crippen LogP contribution is -2.63. The number of hydrogen-bond donors (Lipinski definition) is 0. The molecule has 0 amide bonds. The van der Waals surface area contributed by atoms with Crippen LogP contribution < -0.4 is 29.1 Å². The monoisotopic (exact) mass is 888 g/mol. The van der Waals surface area contributed by atoms with Crippen LogP contribution in [-0.2, 0) is 62.0 Å². The molecule has 20 heteroatoms. The van der Waals surface area contributed by atoms with E-state index in [1.165, 1.54) is 62.4 Å². The van der Waals surface area contributed by atoms with Crippen LogP contribution in [-0.4, -0.2) is 85.1 Å². The van der Waals surface area contributed by atoms with Gasteiger partial charge < -0.3 is 51.8 Å². The van der Waals surface area contributed by atoms with Crippen LogP contribution in [0.25, 0.3) is 28.4 Å². The zero-order valence-electron chi connectivity index (χ0n) is 35.2. The highest BCUT2D eigenvalue weighted by Crippen LogP contribution is 2.39. The first-order valence-corrected chi connectivity index (χ1v) is 19.1. The molecule has 2 heterocycles. The number of ether oxygens (including phenoxy) is 10. The average molecular weight is 889 g/mol. The zero-order chi connectivity index (χ0) is 46.8. The minimum Gasteiger partial charge on any atom is -0.460 e. The fraction of sp³-hybridized carbons (Fsp3) is 0.295. The van der Waals surface area contributed by atoms with Gasteiger partial charge in [-0.1, -0.05) is 12.1 Å². The molecule has 0 unspecified atom stereocenters. The van der Waals surface area contributed by atoms with Crippen LogP contribution in [0.3, 0.4) is 0 Å². The fourth-order valence-electron chi connectivity index (χ4n) is 6.23. The van der Waals surface area contributed by atoms with Crippen molar-refractivity contribution in [3.8, 4) is 40.1 Å². The van der Waals surface area contributed by atoms with E-state index in [1.54, 1.807) is 12.1 Å². The van der Waals surface area contributed by atoms with Crippen molar-refractivity contribution < 1.29 is 90.1 Å². The molecule has 1 fully saturated rings. The van der Waals surface area contributed by atoms with Crippen molar-refractivity contribution in [3.05, 3.63) is 82.5 Å². The van der Waals surface area contributed by atoms with E-state index < -0.39 is 107 Å². The Bertz CT molecular complexity index is 2550. The topological polar surface area (TPSA) is 259 Å². The number of carbonyl (C=O) groups is 8. The molecule has 1 aromatic heterocycles. The Kier molecular flexibility index (Phi) is 15.3. The quantitative estimate of drug-likeness (QED) is 0.0739. The van der Waals surface area contributed by atoms with E-state index in [9.17, 15) is 43.2 Å². The standard InChI is InChI=1S/C44H40O20/c1-21(45)55-30-13-8-28(9-14-30)10-17-36(52)54-20-35-40(59-25(5)49)42(60-26(6)50)43(61-27(7)51)44(63-35)64-41-38(53)37-33(58-24(4)48)18-32(57-23(3)47)19-34(37)62-39(41)29-11-15-31(16-12-29)56-22(2)46/h8-19,35,40,42-44H,20H2,1-7H3/b17-10+/t35-,40-,42+,43-,44+/m0/s1. The Morgan fingerprint density at radius 3 is 1.66 bits per heavy atom. The van der Waals surface area contributed by atoms with Crippen molar-refractivity contribution in [2.45, 2.75) is 79.2 Å². The number of hydrogen-bond acceptors (Lipinski definition) is 20. The molecule has 0 spiro atoms. The summed E-state index contributed by atoms with van der Waals surface area (Å²) >= 11 is 0. The van der Waals surface area contributed by atoms with Gasteiger partial charge in [0.05, 0.1) is 0 Å². The molecule has 1 saturated heterocycles. The van der Waals surface area contributed by atoms with Gasteiger partial charge in [0.2, 0.25) is 23.6 Å². The summed E-state index contributed by atoms with van der Waals surface area (Å²) in [6.45, 7) is 6.90. The molecule has 0 N–H and O–H groups in total. The largest absolute Gasteiger partial charge is 0.460 e. The second kappa shape index (κ2) is 20.8. The second-order valence-electron chi connectivity index (χ2n) is 13.7. The fourth-order valence-corrected chi connectivity index (χ4v) is 6.23. The minimum atomic E-state index is -1.97. The van der Waals surface area contributed by atoms with Gasteiger partial charge in [-0.05, 0) is 48.0 Å². The lowest BCUT2D eigenvalue weighted by molar-refractivity contribution is -0.288. The molecule has 5 rings (SSSR count). The number of fused-ring (bicyclic) bond motifs is 1. The zero-order valence-corrected chi connectivity index (χ0v) is 35.2. The molecule has 0 saturated carbocycles. The van der Waals surface area contributed by atoms with Crippen LogP contribution in [0.15, 0.2) is 76.0 Å². The van der Waals surface area contributed by atoms with Gasteiger partial charge in [0.1, 0.15) is 46.7 Å². The number of esters is 8. The van der Waals surface area contributed by atoms with Gasteiger partial charge in [-0.15, -0.1) is 0 Å². The molecule has 5 atom stereocenters. The summed E-state index contributed by atoms with van der Waals surface area (Å²) in [5.41, 5.74) is -0.698. The summed E-state index contributed by atoms with van der Waals surface area (Å²) in [5.74, 6) is -7.85. The SMILES string of the molecule is CC(=O)Oc1ccc(/C=C/C(=O)OC[C@@H]2O[C@H](Oc3c(-c4ccc(OC(C)=O)cc4)oc4cc(OC(C)=O)cc(OC(C)=O)c4c3=O)[C@@H](OC(C)=O)[C@H](OC(C)=O)[C@H]2OC(C)=O)cc1.